The van der Waals surface area contributed by atoms with E-state index in [2.05, 4.69) is 0 Å². The first-order chi connectivity index (χ1) is 12.9. The highest BCUT2D eigenvalue weighted by molar-refractivity contribution is 5.81. The van der Waals surface area contributed by atoms with Crippen molar-refractivity contribution in [3.8, 4) is 0 Å². The molecule has 3 aliphatic heterocycles. The van der Waals surface area contributed by atoms with Gasteiger partial charge in [0.25, 0.3) is 0 Å². The molecule has 5 rings (SSSR count). The van der Waals surface area contributed by atoms with Crippen molar-refractivity contribution in [1.29, 1.82) is 0 Å². The zero-order chi connectivity index (χ0) is 20.4. The summed E-state index contributed by atoms with van der Waals surface area (Å²) in [6, 6.07) is 0. The van der Waals surface area contributed by atoms with Crippen molar-refractivity contribution in [3.05, 3.63) is 0 Å². The Labute approximate surface area is 161 Å². The van der Waals surface area contributed by atoms with Crippen LogP contribution in [0.4, 0.5) is 0 Å². The Morgan fingerprint density at radius 2 is 1.86 bits per heavy atom. The minimum absolute atomic E-state index is 0.340. The van der Waals surface area contributed by atoms with Crippen LogP contribution in [0, 0.1) is 17.3 Å². The fourth-order valence-electron chi connectivity index (χ4n) is 6.50. The van der Waals surface area contributed by atoms with Crippen molar-refractivity contribution in [1.82, 2.24) is 0 Å². The normalized spacial score (nSPS) is 52.6. The quantitative estimate of drug-likeness (QED) is 0.389. The maximum Gasteiger partial charge on any atom is 0.314 e. The van der Waals surface area contributed by atoms with E-state index in [0.29, 0.717) is 6.61 Å². The summed E-state index contributed by atoms with van der Waals surface area (Å²) in [7, 11) is 0. The molecule has 1 N–H and O–H groups in total. The molecule has 3 saturated heterocycles. The third-order valence-electron chi connectivity index (χ3n) is 7.49. The first kappa shape index (κ1) is 18.3. The molecule has 0 unspecified atom stereocenters. The highest BCUT2D eigenvalue weighted by Gasteiger charge is 2.97. The molecule has 0 aromatic heterocycles. The molecule has 2 bridgehead atoms. The van der Waals surface area contributed by atoms with Crippen molar-refractivity contribution >= 4 is 17.9 Å². The van der Waals surface area contributed by atoms with Gasteiger partial charge >= 0.3 is 17.9 Å². The maximum absolute atomic E-state index is 13.0. The predicted octanol–water partition coefficient (Wildman–Crippen LogP) is -0.281. The smallest absolute Gasteiger partial charge is 0.314 e. The van der Waals surface area contributed by atoms with Gasteiger partial charge in [-0.15, -0.1) is 0 Å². The number of carbonyl (C=O) groups is 3. The first-order valence-electron chi connectivity index (χ1n) is 9.51. The lowest BCUT2D eigenvalue weighted by Gasteiger charge is -2.57. The molecule has 3 heterocycles. The van der Waals surface area contributed by atoms with Crippen LogP contribution >= 0.6 is 0 Å². The Balaban J connectivity index is 1.78. The number of hydrogen-bond acceptors (Lipinski definition) is 9. The van der Waals surface area contributed by atoms with Gasteiger partial charge in [-0.3, -0.25) is 14.4 Å². The summed E-state index contributed by atoms with van der Waals surface area (Å²) in [4.78, 5) is 37.3. The van der Waals surface area contributed by atoms with Crippen molar-refractivity contribution in [2.45, 2.75) is 75.8 Å². The minimum Gasteiger partial charge on any atom is -0.458 e. The van der Waals surface area contributed by atoms with Crippen LogP contribution < -0.4 is 0 Å². The molecule has 9 atom stereocenters. The lowest BCUT2D eigenvalue weighted by Crippen LogP contribution is -2.74. The average molecular weight is 396 g/mol. The van der Waals surface area contributed by atoms with Crippen molar-refractivity contribution in [2.24, 2.45) is 17.3 Å². The van der Waals surface area contributed by atoms with E-state index in [9.17, 15) is 19.5 Å². The summed E-state index contributed by atoms with van der Waals surface area (Å²) in [5.41, 5.74) is -4.72. The summed E-state index contributed by atoms with van der Waals surface area (Å²) >= 11 is 0. The van der Waals surface area contributed by atoms with Crippen LogP contribution in [0.15, 0.2) is 0 Å². The number of epoxide rings is 2. The molecule has 28 heavy (non-hydrogen) atoms. The largest absolute Gasteiger partial charge is 0.458 e. The van der Waals surface area contributed by atoms with Crippen LogP contribution in [0.2, 0.25) is 0 Å². The fraction of sp³-hybridized carbons (Fsp3) is 0.842. The van der Waals surface area contributed by atoms with Crippen LogP contribution in [-0.2, 0) is 38.1 Å². The molecule has 9 heteroatoms. The molecule has 9 nitrogen and oxygen atoms in total. The fourth-order valence-corrected chi connectivity index (χ4v) is 6.50. The predicted molar refractivity (Wildman–Crippen MR) is 88.7 cm³/mol. The number of aliphatic hydroxyl groups is 1. The molecule has 5 aliphatic rings. The second kappa shape index (κ2) is 4.88. The summed E-state index contributed by atoms with van der Waals surface area (Å²) in [5.74, 6) is -3.46. The molecule has 5 fully saturated rings. The summed E-state index contributed by atoms with van der Waals surface area (Å²) in [6.07, 6.45) is -2.80. The number of esters is 3. The van der Waals surface area contributed by atoms with Crippen LogP contribution in [-0.4, -0.2) is 70.8 Å². The zero-order valence-electron chi connectivity index (χ0n) is 16.4. The Morgan fingerprint density at radius 1 is 1.21 bits per heavy atom. The highest BCUT2D eigenvalue weighted by Crippen LogP contribution is 2.77. The van der Waals surface area contributed by atoms with E-state index in [1.165, 1.54) is 13.8 Å². The summed E-state index contributed by atoms with van der Waals surface area (Å²) < 4.78 is 29.0. The SMILES string of the molecule is CC(=O)O[C@@H]1[C@@H]2OC(=O)[C@@H]([C@@H]2C(C)(C)O)[C@]2(OC(C)=O)[C@H]3O[C@H]3[C@]3(CO3)[C@]12C. The lowest BCUT2D eigenvalue weighted by atomic mass is 9.51. The number of carbonyl (C=O) groups excluding carboxylic acids is 3. The van der Waals surface area contributed by atoms with Crippen LogP contribution in [0.5, 0.6) is 0 Å². The first-order valence-corrected chi connectivity index (χ1v) is 9.51. The van der Waals surface area contributed by atoms with Crippen LogP contribution in [0.1, 0.15) is 34.6 Å². The number of hydrogen-bond donors (Lipinski definition) is 1. The van der Waals surface area contributed by atoms with Crippen LogP contribution in [0.3, 0.4) is 0 Å². The van der Waals surface area contributed by atoms with Gasteiger partial charge in [-0.05, 0) is 20.8 Å². The van der Waals surface area contributed by atoms with E-state index < -0.39 is 70.3 Å². The van der Waals surface area contributed by atoms with Gasteiger partial charge in [0.05, 0.1) is 17.6 Å². The van der Waals surface area contributed by atoms with Gasteiger partial charge in [-0.2, -0.15) is 0 Å². The van der Waals surface area contributed by atoms with E-state index in [-0.39, 0.29) is 6.10 Å². The number of ether oxygens (including phenoxy) is 5. The molecule has 2 aliphatic carbocycles. The molecule has 0 amide bonds. The Hall–Kier alpha value is -1.71. The van der Waals surface area contributed by atoms with E-state index in [0.717, 1.165) is 0 Å². The van der Waals surface area contributed by atoms with Gasteiger partial charge < -0.3 is 28.8 Å². The second-order valence-electron chi connectivity index (χ2n) is 9.33. The second-order valence-corrected chi connectivity index (χ2v) is 9.33. The number of fused-ring (bicyclic) bond motifs is 8. The average Bonchev–Trinajstić information content (AvgIpc) is 3.41. The van der Waals surface area contributed by atoms with Gasteiger partial charge in [0.1, 0.15) is 29.8 Å². The highest BCUT2D eigenvalue weighted by atomic mass is 16.7. The molecule has 1 spiro atoms. The van der Waals surface area contributed by atoms with Crippen molar-refractivity contribution in [3.63, 3.8) is 0 Å². The minimum atomic E-state index is -1.46. The van der Waals surface area contributed by atoms with Gasteiger partial charge in [0.2, 0.25) is 0 Å². The van der Waals surface area contributed by atoms with Crippen molar-refractivity contribution in [2.75, 3.05) is 6.61 Å². The Kier molecular flexibility index (Phi) is 3.19. The van der Waals surface area contributed by atoms with E-state index in [1.807, 2.05) is 6.92 Å². The third kappa shape index (κ3) is 1.77. The Bertz CT molecular complexity index is 796. The van der Waals surface area contributed by atoms with Gasteiger partial charge in [-0.1, -0.05) is 0 Å². The third-order valence-corrected chi connectivity index (χ3v) is 7.49. The Morgan fingerprint density at radius 3 is 2.36 bits per heavy atom. The molecule has 0 aromatic carbocycles. The molecule has 0 radical (unpaired) electrons. The number of rotatable bonds is 3. The monoisotopic (exact) mass is 396 g/mol. The van der Waals surface area contributed by atoms with E-state index >= 15 is 0 Å². The molecule has 2 saturated carbocycles. The van der Waals surface area contributed by atoms with Crippen LogP contribution in [0.25, 0.3) is 0 Å². The molecular formula is C19H24O9. The topological polar surface area (TPSA) is 124 Å². The maximum atomic E-state index is 13.0. The zero-order valence-corrected chi connectivity index (χ0v) is 16.4. The summed E-state index contributed by atoms with van der Waals surface area (Å²) in [6.45, 7) is 7.82. The van der Waals surface area contributed by atoms with Gasteiger partial charge in [-0.25, -0.2) is 0 Å². The van der Waals surface area contributed by atoms with E-state index in [4.69, 9.17) is 23.7 Å². The molecular weight excluding hydrogens is 372 g/mol. The lowest BCUT2D eigenvalue weighted by molar-refractivity contribution is -0.268. The van der Waals surface area contributed by atoms with Crippen molar-refractivity contribution < 1.29 is 43.2 Å². The van der Waals surface area contributed by atoms with Gasteiger partial charge in [0.15, 0.2) is 11.7 Å². The molecule has 0 aromatic rings. The molecule has 154 valence electrons. The summed E-state index contributed by atoms with van der Waals surface area (Å²) in [5, 5.41) is 10.9. The van der Waals surface area contributed by atoms with Gasteiger partial charge in [0, 0.05) is 19.8 Å². The van der Waals surface area contributed by atoms with E-state index in [1.54, 1.807) is 13.8 Å². The standard InChI is InChI=1S/C19H24O9/c1-7(20)25-12-11-9(16(3,4)23)10(15(22)26-11)19(28-8(2)21)14-13(27-14)18(6-24-18)17(12,19)5/h9-14,23H,6H2,1-5H3/t9-,10+,11+,12+,13+,14-,17-,18+,19-/m0/s1.